The second kappa shape index (κ2) is 6.81. The molecule has 0 aliphatic carbocycles. The molecule has 0 aromatic carbocycles. The van der Waals surface area contributed by atoms with Gasteiger partial charge >= 0.3 is 0 Å². The quantitative estimate of drug-likeness (QED) is 0.774. The lowest BCUT2D eigenvalue weighted by atomic mass is 10.3. The summed E-state index contributed by atoms with van der Waals surface area (Å²) in [6.45, 7) is 5.72. The maximum Gasteiger partial charge on any atom is 0.211 e. The van der Waals surface area contributed by atoms with Crippen LogP contribution >= 0.6 is 11.3 Å². The zero-order valence-electron chi connectivity index (χ0n) is 11.2. The SMILES string of the molecule is CS(=O)(=O)N1CCN(CCNCc2cccs2)CC1. The average molecular weight is 303 g/mol. The van der Waals surface area contributed by atoms with Crippen molar-refractivity contribution in [1.29, 1.82) is 0 Å². The van der Waals surface area contributed by atoms with Gasteiger partial charge in [-0.2, -0.15) is 4.31 Å². The molecule has 1 N–H and O–H groups in total. The van der Waals surface area contributed by atoms with Gasteiger partial charge in [0.2, 0.25) is 10.0 Å². The topological polar surface area (TPSA) is 52.7 Å². The molecule has 1 saturated heterocycles. The van der Waals surface area contributed by atoms with Gasteiger partial charge in [-0.1, -0.05) is 6.07 Å². The Morgan fingerprint density at radius 3 is 2.63 bits per heavy atom. The first-order chi connectivity index (χ1) is 9.05. The molecule has 5 nitrogen and oxygen atoms in total. The molecular weight excluding hydrogens is 282 g/mol. The number of rotatable bonds is 6. The van der Waals surface area contributed by atoms with Crippen molar-refractivity contribution in [3.8, 4) is 0 Å². The van der Waals surface area contributed by atoms with Crippen LogP contribution < -0.4 is 5.32 Å². The Morgan fingerprint density at radius 1 is 1.32 bits per heavy atom. The molecule has 7 heteroatoms. The first-order valence-electron chi connectivity index (χ1n) is 6.46. The highest BCUT2D eigenvalue weighted by atomic mass is 32.2. The first-order valence-corrected chi connectivity index (χ1v) is 9.19. The van der Waals surface area contributed by atoms with Crippen LogP contribution in [0.3, 0.4) is 0 Å². The fraction of sp³-hybridized carbons (Fsp3) is 0.667. The number of nitrogens with one attached hydrogen (secondary N) is 1. The van der Waals surface area contributed by atoms with Crippen LogP contribution in [0.4, 0.5) is 0 Å². The average Bonchev–Trinajstić information content (AvgIpc) is 2.87. The van der Waals surface area contributed by atoms with E-state index in [0.29, 0.717) is 13.1 Å². The molecule has 0 saturated carbocycles. The molecule has 0 atom stereocenters. The fourth-order valence-corrected chi connectivity index (χ4v) is 3.65. The van der Waals surface area contributed by atoms with Crippen LogP contribution in [-0.2, 0) is 16.6 Å². The Bertz CT molecular complexity index is 465. The van der Waals surface area contributed by atoms with Crippen LogP contribution in [-0.4, -0.2) is 63.1 Å². The summed E-state index contributed by atoms with van der Waals surface area (Å²) in [6, 6.07) is 4.19. The van der Waals surface area contributed by atoms with Crippen LogP contribution in [0, 0.1) is 0 Å². The molecular formula is C12H21N3O2S2. The minimum atomic E-state index is -3.01. The third kappa shape index (κ3) is 4.85. The van der Waals surface area contributed by atoms with Crippen LogP contribution in [0.25, 0.3) is 0 Å². The first kappa shape index (κ1) is 14.9. The smallest absolute Gasteiger partial charge is 0.211 e. The molecule has 1 aliphatic rings. The predicted octanol–water partition coefficient (Wildman–Crippen LogP) is 0.415. The van der Waals surface area contributed by atoms with Crippen LogP contribution in [0.5, 0.6) is 0 Å². The lowest BCUT2D eigenvalue weighted by Crippen LogP contribution is -2.49. The third-order valence-electron chi connectivity index (χ3n) is 3.28. The van der Waals surface area contributed by atoms with E-state index in [1.165, 1.54) is 11.1 Å². The minimum Gasteiger partial charge on any atom is -0.311 e. The number of sulfonamides is 1. The number of piperazine rings is 1. The summed E-state index contributed by atoms with van der Waals surface area (Å²) in [7, 11) is -3.01. The van der Waals surface area contributed by atoms with Crippen LogP contribution in [0.2, 0.25) is 0 Å². The maximum atomic E-state index is 11.4. The molecule has 19 heavy (non-hydrogen) atoms. The Balaban J connectivity index is 1.61. The van der Waals surface area contributed by atoms with Gasteiger partial charge in [0.25, 0.3) is 0 Å². The van der Waals surface area contributed by atoms with Gasteiger partial charge in [0, 0.05) is 50.7 Å². The molecule has 108 valence electrons. The summed E-state index contributed by atoms with van der Waals surface area (Å²) in [5.41, 5.74) is 0. The fourth-order valence-electron chi connectivity index (χ4n) is 2.15. The number of hydrogen-bond acceptors (Lipinski definition) is 5. The highest BCUT2D eigenvalue weighted by Crippen LogP contribution is 2.07. The summed E-state index contributed by atoms with van der Waals surface area (Å²) in [5, 5.41) is 5.50. The molecule has 1 aromatic rings. The van der Waals surface area contributed by atoms with E-state index in [1.54, 1.807) is 15.6 Å². The van der Waals surface area contributed by atoms with Gasteiger partial charge in [-0.25, -0.2) is 8.42 Å². The zero-order chi connectivity index (χ0) is 13.7. The van der Waals surface area contributed by atoms with Crippen molar-refractivity contribution in [3.63, 3.8) is 0 Å². The van der Waals surface area contributed by atoms with Crippen molar-refractivity contribution in [2.75, 3.05) is 45.5 Å². The molecule has 2 rings (SSSR count). The molecule has 1 aliphatic heterocycles. The van der Waals surface area contributed by atoms with E-state index in [9.17, 15) is 8.42 Å². The summed E-state index contributed by atoms with van der Waals surface area (Å²) in [6.07, 6.45) is 1.28. The molecule has 0 unspecified atom stereocenters. The standard InChI is InChI=1S/C12H21N3O2S2/c1-19(16,17)15-8-6-14(7-9-15)5-4-13-11-12-3-2-10-18-12/h2-3,10,13H,4-9,11H2,1H3. The van der Waals surface area contributed by atoms with Crippen molar-refractivity contribution in [2.24, 2.45) is 0 Å². The van der Waals surface area contributed by atoms with Gasteiger partial charge in [-0.15, -0.1) is 11.3 Å². The van der Waals surface area contributed by atoms with Gasteiger partial charge < -0.3 is 5.32 Å². The Labute approximate surface area is 119 Å². The molecule has 0 amide bonds. The van der Waals surface area contributed by atoms with Crippen molar-refractivity contribution < 1.29 is 8.42 Å². The highest BCUT2D eigenvalue weighted by molar-refractivity contribution is 7.88. The van der Waals surface area contributed by atoms with Crippen LogP contribution in [0.15, 0.2) is 17.5 Å². The second-order valence-electron chi connectivity index (χ2n) is 4.76. The van der Waals surface area contributed by atoms with Crippen molar-refractivity contribution in [1.82, 2.24) is 14.5 Å². The minimum absolute atomic E-state index is 0.615. The maximum absolute atomic E-state index is 11.4. The largest absolute Gasteiger partial charge is 0.311 e. The van der Waals surface area contributed by atoms with Crippen molar-refractivity contribution >= 4 is 21.4 Å². The molecule has 2 heterocycles. The van der Waals surface area contributed by atoms with Gasteiger partial charge in [-0.05, 0) is 11.4 Å². The second-order valence-corrected chi connectivity index (χ2v) is 7.77. The van der Waals surface area contributed by atoms with Gasteiger partial charge in [-0.3, -0.25) is 4.90 Å². The summed E-state index contributed by atoms with van der Waals surface area (Å²) < 4.78 is 24.3. The Morgan fingerprint density at radius 2 is 2.05 bits per heavy atom. The predicted molar refractivity (Wildman–Crippen MR) is 78.9 cm³/mol. The normalized spacial score (nSPS) is 18.8. The van der Waals surface area contributed by atoms with Crippen molar-refractivity contribution in [2.45, 2.75) is 6.54 Å². The molecule has 1 fully saturated rings. The number of nitrogens with zero attached hydrogens (tertiary/aromatic N) is 2. The van der Waals surface area contributed by atoms with Gasteiger partial charge in [0.1, 0.15) is 0 Å². The summed E-state index contributed by atoms with van der Waals surface area (Å²) >= 11 is 1.76. The van der Waals surface area contributed by atoms with E-state index in [4.69, 9.17) is 0 Å². The highest BCUT2D eigenvalue weighted by Gasteiger charge is 2.22. The number of hydrogen-bond donors (Lipinski definition) is 1. The molecule has 0 spiro atoms. The van der Waals surface area contributed by atoms with Crippen molar-refractivity contribution in [3.05, 3.63) is 22.4 Å². The number of thiophene rings is 1. The van der Waals surface area contributed by atoms with Gasteiger partial charge in [0.05, 0.1) is 6.26 Å². The zero-order valence-corrected chi connectivity index (χ0v) is 12.8. The third-order valence-corrected chi connectivity index (χ3v) is 5.46. The Hall–Kier alpha value is -0.470. The monoisotopic (exact) mass is 303 g/mol. The van der Waals surface area contributed by atoms with Gasteiger partial charge in [0.15, 0.2) is 0 Å². The molecule has 1 aromatic heterocycles. The van der Waals surface area contributed by atoms with E-state index in [0.717, 1.165) is 32.7 Å². The van der Waals surface area contributed by atoms with E-state index in [-0.39, 0.29) is 0 Å². The van der Waals surface area contributed by atoms with E-state index in [2.05, 4.69) is 27.7 Å². The van der Waals surface area contributed by atoms with E-state index in [1.807, 2.05) is 0 Å². The molecule has 0 radical (unpaired) electrons. The van der Waals surface area contributed by atoms with E-state index < -0.39 is 10.0 Å². The Kier molecular flexibility index (Phi) is 5.35. The lowest BCUT2D eigenvalue weighted by molar-refractivity contribution is 0.189. The lowest BCUT2D eigenvalue weighted by Gasteiger charge is -2.33. The van der Waals surface area contributed by atoms with E-state index >= 15 is 0 Å². The summed E-state index contributed by atoms with van der Waals surface area (Å²) in [5.74, 6) is 0. The molecule has 0 bridgehead atoms. The van der Waals surface area contributed by atoms with Crippen LogP contribution in [0.1, 0.15) is 4.88 Å². The summed E-state index contributed by atoms with van der Waals surface area (Å²) in [4.78, 5) is 3.66.